The van der Waals surface area contributed by atoms with Crippen LogP contribution in [0.15, 0.2) is 53.6 Å². The quantitative estimate of drug-likeness (QED) is 0.400. The van der Waals surface area contributed by atoms with E-state index in [4.69, 9.17) is 4.74 Å². The number of benzene rings is 1. The van der Waals surface area contributed by atoms with Crippen molar-refractivity contribution in [2.45, 2.75) is 35.3 Å². The Hall–Kier alpha value is -3.22. The van der Waals surface area contributed by atoms with Crippen LogP contribution < -0.4 is 15.3 Å². The number of carbonyl (C=O) groups excluding carboxylic acids is 2. The highest BCUT2D eigenvalue weighted by Crippen LogP contribution is 2.36. The maximum absolute atomic E-state index is 13.5. The van der Waals surface area contributed by atoms with Crippen LogP contribution in [0.2, 0.25) is 0 Å². The van der Waals surface area contributed by atoms with Gasteiger partial charge in [0.25, 0.3) is 5.91 Å². The van der Waals surface area contributed by atoms with Gasteiger partial charge in [0.2, 0.25) is 5.91 Å². The first-order chi connectivity index (χ1) is 18.9. The minimum Gasteiger partial charge on any atom is -0.381 e. The SMILES string of the molecule is O=C(C1CCN(c2ccc(S(=O)(=O)C3(C(=O)NO)CCOCC3)cc2)CC1)N1CCN(c2ccccn2)CC1. The number of sulfone groups is 1. The standard InChI is InChI=1S/C27H35N5O6S/c33-25(32-17-15-31(16-18-32)24-3-1-2-12-28-24)21-8-13-30(14-9-21)22-4-6-23(7-5-22)39(36,37)27(26(34)29-35)10-19-38-20-11-27/h1-7,12,21,35H,8-11,13-20H2,(H,29,34). The second-order valence-electron chi connectivity index (χ2n) is 10.3. The van der Waals surface area contributed by atoms with Crippen LogP contribution in [-0.4, -0.2) is 92.6 Å². The predicted molar refractivity (Wildman–Crippen MR) is 144 cm³/mol. The lowest BCUT2D eigenvalue weighted by atomic mass is 9.94. The Morgan fingerprint density at radius 2 is 1.59 bits per heavy atom. The molecule has 210 valence electrons. The lowest BCUT2D eigenvalue weighted by Gasteiger charge is -2.39. The average molecular weight is 558 g/mol. The van der Waals surface area contributed by atoms with E-state index in [9.17, 15) is 23.2 Å². The third-order valence-corrected chi connectivity index (χ3v) is 10.8. The molecular formula is C27H35N5O6S. The van der Waals surface area contributed by atoms with E-state index in [1.54, 1.807) is 23.8 Å². The second-order valence-corrected chi connectivity index (χ2v) is 12.6. The molecule has 2 aromatic rings. The van der Waals surface area contributed by atoms with Crippen LogP contribution in [-0.2, 0) is 24.2 Å². The van der Waals surface area contributed by atoms with Crippen molar-refractivity contribution >= 4 is 33.2 Å². The van der Waals surface area contributed by atoms with Crippen LogP contribution >= 0.6 is 0 Å². The normalized spacial score (nSPS) is 20.5. The van der Waals surface area contributed by atoms with Gasteiger partial charge < -0.3 is 19.4 Å². The minimum atomic E-state index is -4.06. The predicted octanol–water partition coefficient (Wildman–Crippen LogP) is 1.48. The summed E-state index contributed by atoms with van der Waals surface area (Å²) >= 11 is 0. The summed E-state index contributed by atoms with van der Waals surface area (Å²) in [6, 6.07) is 12.4. The van der Waals surface area contributed by atoms with E-state index < -0.39 is 20.5 Å². The summed E-state index contributed by atoms with van der Waals surface area (Å²) in [6.07, 6.45) is 3.20. The highest BCUT2D eigenvalue weighted by molar-refractivity contribution is 7.93. The van der Waals surface area contributed by atoms with Crippen molar-refractivity contribution in [3.63, 3.8) is 0 Å². The number of hydrogen-bond acceptors (Lipinski definition) is 9. The second kappa shape index (κ2) is 11.5. The molecule has 3 fully saturated rings. The third kappa shape index (κ3) is 5.32. The van der Waals surface area contributed by atoms with Gasteiger partial charge in [-0.25, -0.2) is 18.9 Å². The topological polar surface area (TPSA) is 132 Å². The number of anilines is 2. The molecule has 1 aromatic carbocycles. The molecule has 3 aliphatic rings. The van der Waals surface area contributed by atoms with E-state index in [0.717, 1.165) is 37.4 Å². The number of aromatic nitrogens is 1. The lowest BCUT2D eigenvalue weighted by Crippen LogP contribution is -2.54. The zero-order chi connectivity index (χ0) is 27.5. The van der Waals surface area contributed by atoms with E-state index >= 15 is 0 Å². The molecule has 3 aliphatic heterocycles. The van der Waals surface area contributed by atoms with Gasteiger partial charge in [0.1, 0.15) is 5.82 Å². The number of nitrogens with zero attached hydrogens (tertiary/aromatic N) is 4. The number of nitrogens with one attached hydrogen (secondary N) is 1. The van der Waals surface area contributed by atoms with Crippen molar-refractivity contribution in [1.29, 1.82) is 0 Å². The van der Waals surface area contributed by atoms with Gasteiger partial charge in [-0.3, -0.25) is 14.8 Å². The number of rotatable bonds is 6. The van der Waals surface area contributed by atoms with Crippen molar-refractivity contribution in [3.05, 3.63) is 48.7 Å². The number of amides is 2. The van der Waals surface area contributed by atoms with Crippen LogP contribution in [0, 0.1) is 5.92 Å². The zero-order valence-corrected chi connectivity index (χ0v) is 22.7. The molecule has 11 nitrogen and oxygen atoms in total. The Bertz CT molecular complexity index is 1250. The first-order valence-electron chi connectivity index (χ1n) is 13.4. The number of ether oxygens (including phenoxy) is 1. The van der Waals surface area contributed by atoms with E-state index in [2.05, 4.69) is 14.8 Å². The number of pyridine rings is 1. The molecule has 0 radical (unpaired) electrons. The highest BCUT2D eigenvalue weighted by Gasteiger charge is 2.52. The first-order valence-corrected chi connectivity index (χ1v) is 14.9. The molecule has 39 heavy (non-hydrogen) atoms. The molecule has 0 unspecified atom stereocenters. The molecule has 0 aliphatic carbocycles. The van der Waals surface area contributed by atoms with Gasteiger partial charge in [-0.2, -0.15) is 0 Å². The van der Waals surface area contributed by atoms with Gasteiger partial charge in [-0.05, 0) is 62.1 Å². The Balaban J connectivity index is 1.17. The van der Waals surface area contributed by atoms with Crippen LogP contribution in [0.1, 0.15) is 25.7 Å². The van der Waals surface area contributed by atoms with Gasteiger partial charge in [0.05, 0.1) is 4.90 Å². The summed E-state index contributed by atoms with van der Waals surface area (Å²) in [6.45, 7) is 4.56. The molecule has 2 amide bonds. The van der Waals surface area contributed by atoms with Gasteiger partial charge in [0.15, 0.2) is 14.6 Å². The molecule has 5 rings (SSSR count). The molecule has 0 spiro atoms. The molecule has 0 atom stereocenters. The summed E-state index contributed by atoms with van der Waals surface area (Å²) in [4.78, 5) is 36.4. The fourth-order valence-corrected chi connectivity index (χ4v) is 7.76. The fourth-order valence-electron chi connectivity index (χ4n) is 5.82. The van der Waals surface area contributed by atoms with Crippen LogP contribution in [0.3, 0.4) is 0 Å². The molecule has 4 heterocycles. The molecule has 1 aromatic heterocycles. The number of hydroxylamine groups is 1. The Morgan fingerprint density at radius 3 is 2.18 bits per heavy atom. The summed E-state index contributed by atoms with van der Waals surface area (Å²) < 4.78 is 30.5. The summed E-state index contributed by atoms with van der Waals surface area (Å²) in [5, 5.41) is 9.24. The van der Waals surface area contributed by atoms with E-state index in [-0.39, 0.29) is 42.8 Å². The number of carbonyl (C=O) groups is 2. The van der Waals surface area contributed by atoms with E-state index in [1.807, 2.05) is 23.1 Å². The summed E-state index contributed by atoms with van der Waals surface area (Å²) in [5.74, 6) is 0.199. The average Bonchev–Trinajstić information content (AvgIpc) is 3.01. The molecule has 3 saturated heterocycles. The number of hydrogen-bond donors (Lipinski definition) is 2. The Labute approximate surface area is 228 Å². The van der Waals surface area contributed by atoms with Crippen molar-refractivity contribution in [1.82, 2.24) is 15.4 Å². The number of piperidine rings is 1. The number of piperazine rings is 1. The van der Waals surface area contributed by atoms with Crippen molar-refractivity contribution in [2.75, 3.05) is 62.3 Å². The third-order valence-electron chi connectivity index (χ3n) is 8.25. The zero-order valence-electron chi connectivity index (χ0n) is 21.9. The molecule has 0 saturated carbocycles. The van der Waals surface area contributed by atoms with Gasteiger partial charge in [-0.15, -0.1) is 0 Å². The van der Waals surface area contributed by atoms with Crippen LogP contribution in [0.5, 0.6) is 0 Å². The highest BCUT2D eigenvalue weighted by atomic mass is 32.2. The van der Waals surface area contributed by atoms with Crippen LogP contribution in [0.25, 0.3) is 0 Å². The molecular weight excluding hydrogens is 522 g/mol. The molecule has 0 bridgehead atoms. The maximum atomic E-state index is 13.5. The summed E-state index contributed by atoms with van der Waals surface area (Å²) in [5.41, 5.74) is 2.41. The largest absolute Gasteiger partial charge is 0.381 e. The van der Waals surface area contributed by atoms with E-state index in [1.165, 1.54) is 12.1 Å². The summed E-state index contributed by atoms with van der Waals surface area (Å²) in [7, 11) is -4.06. The lowest BCUT2D eigenvalue weighted by molar-refractivity contribution is -0.136. The minimum absolute atomic E-state index is 0.0207. The van der Waals surface area contributed by atoms with Crippen molar-refractivity contribution in [2.24, 2.45) is 5.92 Å². The monoisotopic (exact) mass is 557 g/mol. The van der Waals surface area contributed by atoms with E-state index in [0.29, 0.717) is 26.2 Å². The molecule has 12 heteroatoms. The first kappa shape index (κ1) is 27.4. The Morgan fingerprint density at radius 1 is 0.923 bits per heavy atom. The maximum Gasteiger partial charge on any atom is 0.265 e. The Kier molecular flexibility index (Phi) is 8.06. The molecule has 2 N–H and O–H groups in total. The van der Waals surface area contributed by atoms with Gasteiger partial charge in [0, 0.05) is 70.3 Å². The van der Waals surface area contributed by atoms with Crippen molar-refractivity contribution in [3.8, 4) is 0 Å². The van der Waals surface area contributed by atoms with Gasteiger partial charge in [-0.1, -0.05) is 6.07 Å². The van der Waals surface area contributed by atoms with Crippen molar-refractivity contribution < 1.29 is 28.0 Å². The fraction of sp³-hybridized carbons (Fsp3) is 0.519. The smallest absolute Gasteiger partial charge is 0.265 e. The van der Waals surface area contributed by atoms with Gasteiger partial charge >= 0.3 is 0 Å². The van der Waals surface area contributed by atoms with Crippen LogP contribution in [0.4, 0.5) is 11.5 Å².